The van der Waals surface area contributed by atoms with Gasteiger partial charge in [0.05, 0.1) is 0 Å². The van der Waals surface area contributed by atoms with E-state index in [2.05, 4.69) is 0 Å². The van der Waals surface area contributed by atoms with Crippen molar-refractivity contribution in [3.8, 4) is 0 Å². The van der Waals surface area contributed by atoms with Crippen LogP contribution in [0.2, 0.25) is 6.95 Å². The normalized spacial score (nSPS) is 26.8. The number of halogens is 2. The van der Waals surface area contributed by atoms with Gasteiger partial charge in [0, 0.05) is 0 Å². The molecule has 88 valence electrons. The van der Waals surface area contributed by atoms with Crippen LogP contribution in [-0.4, -0.2) is 18.7 Å². The molecule has 2 rings (SSSR count). The van der Waals surface area contributed by atoms with E-state index >= 15 is 0 Å². The van der Waals surface area contributed by atoms with E-state index in [9.17, 15) is 0 Å². The van der Waals surface area contributed by atoms with E-state index in [-0.39, 0.29) is 0 Å². The quantitative estimate of drug-likeness (QED) is 0.489. The first-order valence-electron chi connectivity index (χ1n) is 6.59. The summed E-state index contributed by atoms with van der Waals surface area (Å²) in [6.45, 7) is 0. The fraction of sp³-hybridized carbons (Fsp3) is 1.00. The van der Waals surface area contributed by atoms with Gasteiger partial charge in [-0.3, -0.25) is 0 Å². The van der Waals surface area contributed by atoms with Crippen molar-refractivity contribution in [1.29, 1.82) is 0 Å². The first kappa shape index (κ1) is 12.9. The summed E-state index contributed by atoms with van der Waals surface area (Å²) in [4.78, 5) is 0. The molecule has 15 heavy (non-hydrogen) atoms. The van der Waals surface area contributed by atoms with Gasteiger partial charge in [0.2, 0.25) is 0 Å². The third-order valence-electron chi connectivity index (χ3n) is 4.30. The van der Waals surface area contributed by atoms with E-state index in [0.29, 0.717) is 0 Å². The topological polar surface area (TPSA) is 0 Å². The summed E-state index contributed by atoms with van der Waals surface area (Å²) in [5.74, 6) is 0. The van der Waals surface area contributed by atoms with Crippen molar-refractivity contribution < 1.29 is 0 Å². The van der Waals surface area contributed by atoms with E-state index in [1.807, 2.05) is 0 Å². The molecule has 0 nitrogen and oxygen atoms in total. The molecule has 0 aromatic carbocycles. The van der Waals surface area contributed by atoms with Crippen LogP contribution in [-0.2, 0) is 0 Å². The van der Waals surface area contributed by atoms with Crippen molar-refractivity contribution in [2.24, 2.45) is 0 Å². The molecule has 0 N–H and O–H groups in total. The average Bonchev–Trinajstić information content (AvgIpc) is 2.31. The molecule has 0 aromatic rings. The Bertz CT molecular complexity index is 174. The van der Waals surface area contributed by atoms with Gasteiger partial charge in [-0.2, -0.15) is 0 Å². The molecule has 0 saturated heterocycles. The predicted molar refractivity (Wildman–Crippen MR) is 71.1 cm³/mol. The third kappa shape index (κ3) is 3.25. The number of hydrogen-bond donors (Lipinski definition) is 0. The van der Waals surface area contributed by atoms with Crippen molar-refractivity contribution in [3.63, 3.8) is 0 Å². The van der Waals surface area contributed by atoms with E-state index in [1.54, 1.807) is 0 Å². The van der Waals surface area contributed by atoms with Crippen LogP contribution in [0.3, 0.4) is 0 Å². The fourth-order valence-corrected chi connectivity index (χ4v) is 22.7. The van der Waals surface area contributed by atoms with Gasteiger partial charge in [-0.05, 0) is 0 Å². The van der Waals surface area contributed by atoms with Crippen LogP contribution in [0, 0.1) is 0 Å². The van der Waals surface area contributed by atoms with Crippen LogP contribution >= 0.6 is 16.6 Å². The van der Waals surface area contributed by atoms with Gasteiger partial charge in [0.15, 0.2) is 0 Å². The van der Waals surface area contributed by atoms with Gasteiger partial charge < -0.3 is 0 Å². The molecule has 0 amide bonds. The molecule has 0 spiro atoms. The van der Waals surface area contributed by atoms with Crippen LogP contribution in [0.25, 0.3) is 0 Å². The molecule has 2 fully saturated rings. The fourth-order valence-electron chi connectivity index (χ4n) is 3.31. The Hall–Kier alpha value is 1.50. The molecular formula is C12H22Cl2Pb. The molecule has 2 aliphatic rings. The van der Waals surface area contributed by atoms with Crippen molar-refractivity contribution in [2.75, 3.05) is 0 Å². The van der Waals surface area contributed by atoms with Crippen LogP contribution in [0.5, 0.6) is 0 Å². The second-order valence-corrected chi connectivity index (χ2v) is 29.6. The molecule has 2 aliphatic carbocycles. The zero-order valence-electron chi connectivity index (χ0n) is 9.48. The summed E-state index contributed by atoms with van der Waals surface area (Å²) in [6, 6.07) is 0. The monoisotopic (exact) mass is 444 g/mol. The Kier molecular flexibility index (Phi) is 5.09. The molecule has 2 saturated carbocycles. The Morgan fingerprint density at radius 1 is 0.600 bits per heavy atom. The number of hydrogen-bond acceptors (Lipinski definition) is 0. The van der Waals surface area contributed by atoms with Gasteiger partial charge >= 0.3 is 107 Å². The van der Waals surface area contributed by atoms with Gasteiger partial charge in [-0.1, -0.05) is 0 Å². The van der Waals surface area contributed by atoms with Gasteiger partial charge in [0.25, 0.3) is 0 Å². The molecule has 0 atom stereocenters. The second kappa shape index (κ2) is 5.90. The molecular weight excluding hydrogens is 422 g/mol. The Morgan fingerprint density at radius 2 is 0.933 bits per heavy atom. The van der Waals surface area contributed by atoms with Crippen LogP contribution in [0.4, 0.5) is 0 Å². The molecule has 0 aliphatic heterocycles. The van der Waals surface area contributed by atoms with Crippen molar-refractivity contribution in [2.45, 2.75) is 71.2 Å². The Labute approximate surface area is 106 Å². The molecule has 0 radical (unpaired) electrons. The zero-order valence-corrected chi connectivity index (χ0v) is 14.9. The van der Waals surface area contributed by atoms with E-state index in [0.717, 1.165) is 6.95 Å². The van der Waals surface area contributed by atoms with Gasteiger partial charge in [-0.15, -0.1) is 0 Å². The third-order valence-corrected chi connectivity index (χ3v) is 28.1. The van der Waals surface area contributed by atoms with E-state index < -0.39 is 18.7 Å². The van der Waals surface area contributed by atoms with Crippen molar-refractivity contribution in [3.05, 3.63) is 0 Å². The zero-order chi connectivity index (χ0) is 10.7. The summed E-state index contributed by atoms with van der Waals surface area (Å²) >= 11 is -2.88. The first-order valence-corrected chi connectivity index (χ1v) is 20.6. The van der Waals surface area contributed by atoms with Crippen LogP contribution in [0.15, 0.2) is 0 Å². The average molecular weight is 444 g/mol. The van der Waals surface area contributed by atoms with Gasteiger partial charge in [-0.25, -0.2) is 0 Å². The minimum atomic E-state index is -2.88. The predicted octanol–water partition coefficient (Wildman–Crippen LogP) is 5.57. The summed E-state index contributed by atoms with van der Waals surface area (Å²) in [5, 5.41) is 0. The Balaban J connectivity index is 1.96. The standard InChI is InChI=1S/2C6H11.2ClH.Pb/c2*1-2-4-6-5-3-1;;;/h2*1H,2-6H2;2*1H;/q;;;;+2/p-2. The van der Waals surface area contributed by atoms with Crippen LogP contribution in [0.1, 0.15) is 64.2 Å². The SMILES string of the molecule is [Cl][Pb]([Cl])([CH]1CCCCC1)[CH]1CCCCC1. The minimum absolute atomic E-state index is 0.790. The Morgan fingerprint density at radius 3 is 1.27 bits per heavy atom. The molecule has 0 unspecified atom stereocenters. The van der Waals surface area contributed by atoms with Crippen LogP contribution < -0.4 is 0 Å². The van der Waals surface area contributed by atoms with Gasteiger partial charge in [0.1, 0.15) is 0 Å². The number of rotatable bonds is 2. The summed E-state index contributed by atoms with van der Waals surface area (Å²) in [5.41, 5.74) is 0. The first-order chi connectivity index (χ1) is 7.21. The van der Waals surface area contributed by atoms with E-state index in [1.165, 1.54) is 64.2 Å². The molecule has 0 aromatic heterocycles. The summed E-state index contributed by atoms with van der Waals surface area (Å²) in [7, 11) is 13.8. The molecule has 3 heteroatoms. The van der Waals surface area contributed by atoms with Crippen molar-refractivity contribution in [1.82, 2.24) is 0 Å². The summed E-state index contributed by atoms with van der Waals surface area (Å²) in [6.07, 6.45) is 13.8. The molecule has 0 bridgehead atoms. The summed E-state index contributed by atoms with van der Waals surface area (Å²) < 4.78 is 1.58. The molecule has 0 heterocycles. The van der Waals surface area contributed by atoms with E-state index in [4.69, 9.17) is 16.6 Å². The maximum atomic E-state index is 6.88. The maximum absolute atomic E-state index is 6.88. The van der Waals surface area contributed by atoms with Crippen molar-refractivity contribution >= 4 is 35.4 Å². The second-order valence-electron chi connectivity index (χ2n) is 5.34.